The van der Waals surface area contributed by atoms with Crippen LogP contribution in [0.3, 0.4) is 0 Å². The lowest BCUT2D eigenvalue weighted by Crippen LogP contribution is -2.43. The Morgan fingerprint density at radius 2 is 1.91 bits per heavy atom. The van der Waals surface area contributed by atoms with Crippen LogP contribution in [-0.4, -0.2) is 38.1 Å². The third-order valence-corrected chi connectivity index (χ3v) is 7.42. The zero-order chi connectivity index (χ0) is 22.1. The molecular weight excluding hydrogens is 445 g/mol. The third kappa shape index (κ3) is 4.71. The number of nitrogens with zero attached hydrogens (tertiary/aromatic N) is 3. The van der Waals surface area contributed by atoms with Crippen LogP contribution < -0.4 is 16.4 Å². The van der Waals surface area contributed by atoms with Crippen molar-refractivity contribution in [2.75, 3.05) is 5.32 Å². The smallest absolute Gasteiger partial charge is 0.183 e. The van der Waals surface area contributed by atoms with Crippen molar-refractivity contribution in [3.05, 3.63) is 46.0 Å². The summed E-state index contributed by atoms with van der Waals surface area (Å²) in [5.41, 5.74) is 8.55. The number of imidazole rings is 1. The van der Waals surface area contributed by atoms with E-state index in [-0.39, 0.29) is 5.92 Å². The SMILES string of the molecule is NC1CCC(NC2CCCC2c2nc(NCc3ccc(Cl)cc3Cl)c3[nH]cnc3n2)CC1. The van der Waals surface area contributed by atoms with E-state index in [0.717, 1.165) is 61.2 Å². The van der Waals surface area contributed by atoms with Gasteiger partial charge in [0.1, 0.15) is 11.3 Å². The van der Waals surface area contributed by atoms with Crippen LogP contribution in [0.4, 0.5) is 5.82 Å². The summed E-state index contributed by atoms with van der Waals surface area (Å²) in [6.45, 7) is 0.537. The second-order valence-corrected chi connectivity index (χ2v) is 9.89. The number of aromatic amines is 1. The number of benzene rings is 1. The summed E-state index contributed by atoms with van der Waals surface area (Å²) in [6.07, 6.45) is 9.59. The van der Waals surface area contributed by atoms with Gasteiger partial charge in [-0.25, -0.2) is 15.0 Å². The van der Waals surface area contributed by atoms with Gasteiger partial charge in [0.15, 0.2) is 11.5 Å². The van der Waals surface area contributed by atoms with Gasteiger partial charge in [0.05, 0.1) is 6.33 Å². The van der Waals surface area contributed by atoms with Crippen molar-refractivity contribution in [1.82, 2.24) is 25.3 Å². The zero-order valence-corrected chi connectivity index (χ0v) is 19.5. The van der Waals surface area contributed by atoms with Gasteiger partial charge in [0, 0.05) is 40.6 Å². The van der Waals surface area contributed by atoms with Crippen LogP contribution in [0.15, 0.2) is 24.5 Å². The average Bonchev–Trinajstić information content (AvgIpc) is 3.44. The van der Waals surface area contributed by atoms with Crippen molar-refractivity contribution < 1.29 is 0 Å². The van der Waals surface area contributed by atoms with E-state index in [1.807, 2.05) is 12.1 Å². The molecule has 5 N–H and O–H groups in total. The van der Waals surface area contributed by atoms with Gasteiger partial charge in [-0.3, -0.25) is 0 Å². The Labute approximate surface area is 197 Å². The molecule has 0 saturated heterocycles. The maximum Gasteiger partial charge on any atom is 0.183 e. The van der Waals surface area contributed by atoms with E-state index in [1.54, 1.807) is 12.4 Å². The number of rotatable bonds is 6. The van der Waals surface area contributed by atoms with Gasteiger partial charge in [0.25, 0.3) is 0 Å². The lowest BCUT2D eigenvalue weighted by molar-refractivity contribution is 0.303. The van der Waals surface area contributed by atoms with Gasteiger partial charge >= 0.3 is 0 Å². The fraction of sp³-hybridized carbons (Fsp3) is 0.522. The van der Waals surface area contributed by atoms with Crippen molar-refractivity contribution in [1.29, 1.82) is 0 Å². The van der Waals surface area contributed by atoms with Crippen molar-refractivity contribution >= 4 is 40.2 Å². The number of anilines is 1. The second kappa shape index (κ2) is 9.51. The lowest BCUT2D eigenvalue weighted by Gasteiger charge is -2.31. The molecule has 2 fully saturated rings. The number of H-pyrrole nitrogens is 1. The Morgan fingerprint density at radius 3 is 2.72 bits per heavy atom. The number of aromatic nitrogens is 4. The number of halogens is 2. The normalized spacial score (nSPS) is 26.0. The molecule has 0 spiro atoms. The lowest BCUT2D eigenvalue weighted by atomic mass is 9.90. The summed E-state index contributed by atoms with van der Waals surface area (Å²) < 4.78 is 0. The molecule has 2 atom stereocenters. The molecule has 32 heavy (non-hydrogen) atoms. The quantitative estimate of drug-likeness (QED) is 0.410. The Bertz CT molecular complexity index is 1080. The highest BCUT2D eigenvalue weighted by Crippen LogP contribution is 2.35. The Kier molecular flexibility index (Phi) is 6.51. The number of nitrogens with two attached hydrogens (primary N) is 1. The predicted molar refractivity (Wildman–Crippen MR) is 129 cm³/mol. The summed E-state index contributed by atoms with van der Waals surface area (Å²) in [7, 11) is 0. The summed E-state index contributed by atoms with van der Waals surface area (Å²) in [5, 5.41) is 8.59. The van der Waals surface area contributed by atoms with Crippen LogP contribution in [-0.2, 0) is 6.54 Å². The molecule has 2 unspecified atom stereocenters. The molecule has 5 rings (SSSR count). The highest BCUT2D eigenvalue weighted by Gasteiger charge is 2.33. The average molecular weight is 474 g/mol. The number of hydrogen-bond donors (Lipinski definition) is 4. The monoisotopic (exact) mass is 473 g/mol. The van der Waals surface area contributed by atoms with Gasteiger partial charge in [-0.1, -0.05) is 35.7 Å². The van der Waals surface area contributed by atoms with E-state index in [1.165, 1.54) is 6.42 Å². The molecule has 9 heteroatoms. The van der Waals surface area contributed by atoms with Crippen molar-refractivity contribution in [2.24, 2.45) is 5.73 Å². The van der Waals surface area contributed by atoms with Gasteiger partial charge in [-0.2, -0.15) is 0 Å². The fourth-order valence-electron chi connectivity index (χ4n) is 5.04. The zero-order valence-electron chi connectivity index (χ0n) is 18.0. The van der Waals surface area contributed by atoms with Gasteiger partial charge in [0.2, 0.25) is 0 Å². The molecule has 2 heterocycles. The minimum Gasteiger partial charge on any atom is -0.364 e. The number of nitrogens with one attached hydrogen (secondary N) is 3. The largest absolute Gasteiger partial charge is 0.364 e. The Hall–Kier alpha value is -1.93. The van der Waals surface area contributed by atoms with Crippen molar-refractivity contribution in [3.63, 3.8) is 0 Å². The van der Waals surface area contributed by atoms with Gasteiger partial charge in [-0.05, 0) is 56.2 Å². The number of fused-ring (bicyclic) bond motifs is 1. The molecule has 7 nitrogen and oxygen atoms in total. The first-order chi connectivity index (χ1) is 15.6. The van der Waals surface area contributed by atoms with E-state index >= 15 is 0 Å². The minimum absolute atomic E-state index is 0.284. The molecule has 0 radical (unpaired) electrons. The molecular formula is C23H29Cl2N7. The van der Waals surface area contributed by atoms with Crippen LogP contribution >= 0.6 is 23.2 Å². The van der Waals surface area contributed by atoms with Crippen LogP contribution in [0.2, 0.25) is 10.0 Å². The second-order valence-electron chi connectivity index (χ2n) is 9.04. The highest BCUT2D eigenvalue weighted by molar-refractivity contribution is 6.35. The first kappa shape index (κ1) is 21.9. The summed E-state index contributed by atoms with van der Waals surface area (Å²) in [5.74, 6) is 1.89. The molecule has 2 aliphatic rings. The summed E-state index contributed by atoms with van der Waals surface area (Å²) in [4.78, 5) is 17.4. The topological polar surface area (TPSA) is 105 Å². The van der Waals surface area contributed by atoms with Crippen LogP contribution in [0, 0.1) is 0 Å². The first-order valence-corrected chi connectivity index (χ1v) is 12.2. The molecule has 170 valence electrons. The van der Waals surface area contributed by atoms with E-state index < -0.39 is 0 Å². The molecule has 0 amide bonds. The highest BCUT2D eigenvalue weighted by atomic mass is 35.5. The molecule has 1 aromatic carbocycles. The fourth-order valence-corrected chi connectivity index (χ4v) is 5.52. The van der Waals surface area contributed by atoms with E-state index in [2.05, 4.69) is 20.6 Å². The number of hydrogen-bond acceptors (Lipinski definition) is 6. The van der Waals surface area contributed by atoms with Crippen molar-refractivity contribution in [3.8, 4) is 0 Å². The maximum atomic E-state index is 6.35. The third-order valence-electron chi connectivity index (χ3n) is 6.83. The Morgan fingerprint density at radius 1 is 1.06 bits per heavy atom. The maximum absolute atomic E-state index is 6.35. The summed E-state index contributed by atoms with van der Waals surface area (Å²) in [6, 6.07) is 6.82. The van der Waals surface area contributed by atoms with Crippen LogP contribution in [0.1, 0.15) is 62.3 Å². The molecule has 0 aliphatic heterocycles. The molecule has 2 aliphatic carbocycles. The van der Waals surface area contributed by atoms with E-state index in [4.69, 9.17) is 38.9 Å². The molecule has 2 aromatic heterocycles. The van der Waals surface area contributed by atoms with Crippen LogP contribution in [0.5, 0.6) is 0 Å². The standard InChI is InChI=1S/C23H29Cl2N7/c24-14-5-4-13(18(25)10-14)11-27-22-20-23(29-12-28-20)32-21(31-22)17-2-1-3-19(17)30-16-8-6-15(26)7-9-16/h4-5,10,12,15-17,19,30H,1-3,6-9,11,26H2,(H2,27,28,29,31,32). The molecule has 3 aromatic rings. The molecule has 0 bridgehead atoms. The van der Waals surface area contributed by atoms with E-state index in [0.29, 0.717) is 40.4 Å². The predicted octanol–water partition coefficient (Wildman–Crippen LogP) is 4.77. The molecule has 2 saturated carbocycles. The first-order valence-electron chi connectivity index (χ1n) is 11.5. The minimum atomic E-state index is 0.284. The van der Waals surface area contributed by atoms with Gasteiger partial charge in [-0.15, -0.1) is 0 Å². The van der Waals surface area contributed by atoms with Crippen LogP contribution in [0.25, 0.3) is 11.2 Å². The van der Waals surface area contributed by atoms with Gasteiger partial charge < -0.3 is 21.4 Å². The van der Waals surface area contributed by atoms with Crippen molar-refractivity contribution in [2.45, 2.75) is 75.5 Å². The Balaban J connectivity index is 1.36. The van der Waals surface area contributed by atoms with E-state index in [9.17, 15) is 0 Å². The summed E-state index contributed by atoms with van der Waals surface area (Å²) >= 11 is 12.4.